The van der Waals surface area contributed by atoms with Gasteiger partial charge in [-0.2, -0.15) is 0 Å². The van der Waals surface area contributed by atoms with Crippen LogP contribution in [-0.4, -0.2) is 47.8 Å². The van der Waals surface area contributed by atoms with E-state index >= 15 is 0 Å². The third-order valence-corrected chi connectivity index (χ3v) is 4.10. The number of hydrogen-bond acceptors (Lipinski definition) is 3. The zero-order valence-corrected chi connectivity index (χ0v) is 14.2. The van der Waals surface area contributed by atoms with Crippen molar-refractivity contribution in [3.8, 4) is 0 Å². The summed E-state index contributed by atoms with van der Waals surface area (Å²) in [6.07, 6.45) is 3.30. The predicted octanol–water partition coefficient (Wildman–Crippen LogP) is 2.88. The molecule has 3 unspecified atom stereocenters. The maximum absolute atomic E-state index is 9.65. The monoisotopic (exact) mass is 272 g/mol. The molecule has 0 saturated heterocycles. The van der Waals surface area contributed by atoms with Gasteiger partial charge < -0.3 is 15.3 Å². The molecule has 0 heterocycles. The van der Waals surface area contributed by atoms with Crippen molar-refractivity contribution in [3.05, 3.63) is 0 Å². The zero-order valence-electron chi connectivity index (χ0n) is 14.2. The molecule has 0 saturated carbocycles. The first-order valence-corrected chi connectivity index (χ1v) is 7.83. The molecule has 3 heteroatoms. The van der Waals surface area contributed by atoms with E-state index in [1.54, 1.807) is 0 Å². The van der Waals surface area contributed by atoms with Crippen molar-refractivity contribution >= 4 is 0 Å². The van der Waals surface area contributed by atoms with E-state index in [9.17, 15) is 5.11 Å². The van der Waals surface area contributed by atoms with Gasteiger partial charge in [-0.3, -0.25) is 0 Å². The van der Waals surface area contributed by atoms with E-state index in [2.05, 4.69) is 58.8 Å². The Morgan fingerprint density at radius 2 is 1.74 bits per heavy atom. The summed E-state index contributed by atoms with van der Waals surface area (Å²) in [6, 6.07) is 1.05. The minimum absolute atomic E-state index is 0.165. The summed E-state index contributed by atoms with van der Waals surface area (Å²) in [7, 11) is 2.20. The first kappa shape index (κ1) is 18.9. The molecule has 0 fully saturated rings. The molecule has 0 radical (unpaired) electrons. The molecule has 2 N–H and O–H groups in total. The first-order chi connectivity index (χ1) is 8.75. The fourth-order valence-electron chi connectivity index (χ4n) is 2.70. The van der Waals surface area contributed by atoms with E-state index in [4.69, 9.17) is 0 Å². The van der Waals surface area contributed by atoms with Gasteiger partial charge in [-0.25, -0.2) is 0 Å². The first-order valence-electron chi connectivity index (χ1n) is 7.83. The molecule has 0 aliphatic rings. The molecule has 0 amide bonds. The van der Waals surface area contributed by atoms with Gasteiger partial charge in [-0.1, -0.05) is 20.8 Å². The Hall–Kier alpha value is -0.120. The largest absolute Gasteiger partial charge is 0.394 e. The van der Waals surface area contributed by atoms with Crippen molar-refractivity contribution in [2.24, 2.45) is 5.92 Å². The fraction of sp³-hybridized carbons (Fsp3) is 1.00. The normalized spacial score (nSPS) is 18.6. The van der Waals surface area contributed by atoms with Gasteiger partial charge in [-0.05, 0) is 59.5 Å². The Kier molecular flexibility index (Phi) is 8.88. The second-order valence-electron chi connectivity index (χ2n) is 6.84. The van der Waals surface area contributed by atoms with E-state index in [-0.39, 0.29) is 12.1 Å². The van der Waals surface area contributed by atoms with Crippen LogP contribution in [0, 0.1) is 5.92 Å². The van der Waals surface area contributed by atoms with E-state index in [0.717, 1.165) is 25.3 Å². The molecule has 3 nitrogen and oxygen atoms in total. The number of rotatable bonds is 10. The van der Waals surface area contributed by atoms with Crippen molar-refractivity contribution in [2.75, 3.05) is 20.2 Å². The zero-order chi connectivity index (χ0) is 15.1. The summed E-state index contributed by atoms with van der Waals surface area (Å²) in [5, 5.41) is 13.1. The smallest absolute Gasteiger partial charge is 0.0611 e. The molecule has 0 aliphatic heterocycles. The number of nitrogens with one attached hydrogen (secondary N) is 1. The van der Waals surface area contributed by atoms with Crippen LogP contribution in [0.1, 0.15) is 60.8 Å². The van der Waals surface area contributed by atoms with Gasteiger partial charge in [0.1, 0.15) is 0 Å². The number of aliphatic hydroxyl groups excluding tert-OH is 1. The Labute approximate surface area is 120 Å². The highest BCUT2D eigenvalue weighted by molar-refractivity contribution is 4.87. The van der Waals surface area contributed by atoms with E-state index in [0.29, 0.717) is 12.1 Å². The van der Waals surface area contributed by atoms with E-state index in [1.807, 2.05) is 0 Å². The summed E-state index contributed by atoms with van der Waals surface area (Å²) in [4.78, 5) is 2.45. The SMILES string of the molecule is CCCNC(C)(CO)CC(C)N(C)C(C)CC(C)C. The van der Waals surface area contributed by atoms with Gasteiger partial charge in [0.2, 0.25) is 0 Å². The van der Waals surface area contributed by atoms with Crippen molar-refractivity contribution in [1.29, 1.82) is 0 Å². The maximum Gasteiger partial charge on any atom is 0.0611 e. The van der Waals surface area contributed by atoms with Crippen molar-refractivity contribution in [1.82, 2.24) is 10.2 Å². The van der Waals surface area contributed by atoms with Crippen molar-refractivity contribution in [3.63, 3.8) is 0 Å². The van der Waals surface area contributed by atoms with Gasteiger partial charge in [0, 0.05) is 17.6 Å². The molecule has 19 heavy (non-hydrogen) atoms. The predicted molar refractivity (Wildman–Crippen MR) is 84.5 cm³/mol. The molecular formula is C16H36N2O. The summed E-state index contributed by atoms with van der Waals surface area (Å²) >= 11 is 0. The van der Waals surface area contributed by atoms with Gasteiger partial charge in [-0.15, -0.1) is 0 Å². The lowest BCUT2D eigenvalue weighted by Gasteiger charge is -2.38. The van der Waals surface area contributed by atoms with Gasteiger partial charge in [0.25, 0.3) is 0 Å². The quantitative estimate of drug-likeness (QED) is 0.642. The van der Waals surface area contributed by atoms with Crippen LogP contribution in [0.4, 0.5) is 0 Å². The van der Waals surface area contributed by atoms with Crippen molar-refractivity contribution < 1.29 is 5.11 Å². The topological polar surface area (TPSA) is 35.5 Å². The van der Waals surface area contributed by atoms with Gasteiger partial charge in [0.15, 0.2) is 0 Å². The molecule has 0 aromatic heterocycles. The number of aliphatic hydroxyl groups is 1. The standard InChI is InChI=1S/C16H36N2O/c1-8-9-17-16(6,12-19)11-15(5)18(7)14(4)10-13(2)3/h13-15,17,19H,8-12H2,1-7H3. The molecule has 0 spiro atoms. The molecule has 0 aliphatic carbocycles. The van der Waals surface area contributed by atoms with Crippen LogP contribution in [0.2, 0.25) is 0 Å². The van der Waals surface area contributed by atoms with Crippen LogP contribution < -0.4 is 5.32 Å². The van der Waals surface area contributed by atoms with Crippen LogP contribution in [0.15, 0.2) is 0 Å². The van der Waals surface area contributed by atoms with Gasteiger partial charge >= 0.3 is 0 Å². The molecule has 0 aromatic carbocycles. The lowest BCUT2D eigenvalue weighted by Crippen LogP contribution is -2.51. The summed E-state index contributed by atoms with van der Waals surface area (Å²) in [5.74, 6) is 0.729. The highest BCUT2D eigenvalue weighted by atomic mass is 16.3. The Balaban J connectivity index is 4.42. The fourth-order valence-corrected chi connectivity index (χ4v) is 2.70. The molecule has 0 aromatic rings. The lowest BCUT2D eigenvalue weighted by atomic mass is 9.92. The second kappa shape index (κ2) is 8.93. The third-order valence-electron chi connectivity index (χ3n) is 4.10. The average molecular weight is 272 g/mol. The molecular weight excluding hydrogens is 236 g/mol. The van der Waals surface area contributed by atoms with Crippen LogP contribution in [0.3, 0.4) is 0 Å². The Morgan fingerprint density at radius 1 is 1.16 bits per heavy atom. The summed E-state index contributed by atoms with van der Waals surface area (Å²) in [6.45, 7) is 14.6. The number of hydrogen-bond donors (Lipinski definition) is 2. The number of nitrogens with zero attached hydrogens (tertiary/aromatic N) is 1. The Bertz CT molecular complexity index is 233. The molecule has 116 valence electrons. The van der Waals surface area contributed by atoms with E-state index in [1.165, 1.54) is 6.42 Å². The summed E-state index contributed by atoms with van der Waals surface area (Å²) in [5.41, 5.74) is -0.165. The van der Waals surface area contributed by atoms with E-state index < -0.39 is 0 Å². The average Bonchev–Trinajstić information content (AvgIpc) is 2.34. The van der Waals surface area contributed by atoms with Crippen LogP contribution in [0.5, 0.6) is 0 Å². The van der Waals surface area contributed by atoms with Crippen LogP contribution in [0.25, 0.3) is 0 Å². The highest BCUT2D eigenvalue weighted by Gasteiger charge is 2.28. The van der Waals surface area contributed by atoms with Crippen LogP contribution in [-0.2, 0) is 0 Å². The maximum atomic E-state index is 9.65. The third kappa shape index (κ3) is 7.28. The summed E-state index contributed by atoms with van der Waals surface area (Å²) < 4.78 is 0. The second-order valence-corrected chi connectivity index (χ2v) is 6.84. The minimum Gasteiger partial charge on any atom is -0.394 e. The van der Waals surface area contributed by atoms with Crippen LogP contribution >= 0.6 is 0 Å². The molecule has 3 atom stereocenters. The lowest BCUT2D eigenvalue weighted by molar-refractivity contribution is 0.104. The highest BCUT2D eigenvalue weighted by Crippen LogP contribution is 2.19. The Morgan fingerprint density at radius 3 is 2.16 bits per heavy atom. The molecule has 0 rings (SSSR count). The van der Waals surface area contributed by atoms with Gasteiger partial charge in [0.05, 0.1) is 6.61 Å². The molecule has 0 bridgehead atoms. The van der Waals surface area contributed by atoms with Crippen molar-refractivity contribution in [2.45, 2.75) is 78.4 Å². The minimum atomic E-state index is -0.165.